The van der Waals surface area contributed by atoms with Crippen LogP contribution in [0.1, 0.15) is 86.6 Å². The summed E-state index contributed by atoms with van der Waals surface area (Å²) in [6, 6.07) is 9.62. The fraction of sp³-hybridized carbons (Fsp3) is 0.774. The number of ketones is 1. The first kappa shape index (κ1) is 35.4. The van der Waals surface area contributed by atoms with Crippen LogP contribution in [0.3, 0.4) is 0 Å². The van der Waals surface area contributed by atoms with Gasteiger partial charge in [0.25, 0.3) is 0 Å². The molecule has 1 N–H and O–H groups in total. The van der Waals surface area contributed by atoms with Crippen LogP contribution < -0.4 is 5.32 Å². The first-order chi connectivity index (χ1) is 19.4. The fourth-order valence-corrected chi connectivity index (χ4v) is 11.6. The zero-order valence-electron chi connectivity index (χ0n) is 26.6. The second kappa shape index (κ2) is 17.4. The maximum Gasteiger partial charge on any atom is 0.200 e. The van der Waals surface area contributed by atoms with Gasteiger partial charge in [0.2, 0.25) is 8.32 Å². The third-order valence-corrected chi connectivity index (χ3v) is 14.1. The van der Waals surface area contributed by atoms with Crippen molar-refractivity contribution in [1.82, 2.24) is 5.32 Å². The van der Waals surface area contributed by atoms with Gasteiger partial charge >= 0.3 is 0 Å². The largest absolute Gasteiger partial charge is 0.409 e. The lowest BCUT2D eigenvalue weighted by atomic mass is 10.0. The maximum absolute atomic E-state index is 13.5. The number of benzene rings is 1. The van der Waals surface area contributed by atoms with Gasteiger partial charge in [0.05, 0.1) is 19.3 Å². The number of rotatable bonds is 20. The van der Waals surface area contributed by atoms with E-state index in [-0.39, 0.29) is 12.4 Å². The van der Waals surface area contributed by atoms with E-state index >= 15 is 0 Å². The maximum atomic E-state index is 13.5. The minimum Gasteiger partial charge on any atom is -0.409 e. The number of nitrogens with zero attached hydrogens (tertiary/aromatic N) is 3. The van der Waals surface area contributed by atoms with Crippen molar-refractivity contribution >= 4 is 14.1 Å². The Morgan fingerprint density at radius 2 is 1.66 bits per heavy atom. The third-order valence-electron chi connectivity index (χ3n) is 8.05. The molecule has 0 radical (unpaired) electrons. The summed E-state index contributed by atoms with van der Waals surface area (Å²) in [5.41, 5.74) is 11.6. The normalized spacial score (nSPS) is 19.6. The van der Waals surface area contributed by atoms with Gasteiger partial charge in [-0.25, -0.2) is 0 Å². The molecule has 0 aromatic heterocycles. The summed E-state index contributed by atoms with van der Waals surface area (Å²) >= 11 is 0. The second-order valence-electron chi connectivity index (χ2n) is 12.5. The molecule has 1 aromatic carbocycles. The van der Waals surface area contributed by atoms with Gasteiger partial charge in [0.1, 0.15) is 12.2 Å². The van der Waals surface area contributed by atoms with E-state index in [1.807, 2.05) is 18.2 Å². The van der Waals surface area contributed by atoms with Crippen molar-refractivity contribution in [3.05, 3.63) is 46.3 Å². The van der Waals surface area contributed by atoms with Crippen molar-refractivity contribution in [3.63, 3.8) is 0 Å². The number of ether oxygens (including phenoxy) is 3. The molecule has 0 aliphatic carbocycles. The smallest absolute Gasteiger partial charge is 0.200 e. The molecule has 0 bridgehead atoms. The van der Waals surface area contributed by atoms with Gasteiger partial charge < -0.3 is 24.0 Å². The molecule has 10 heteroatoms. The highest BCUT2D eigenvalue weighted by Crippen LogP contribution is 2.42. The molecule has 1 aliphatic heterocycles. The number of Topliss-reactive ketones (excluding diaryl/α,β-unsaturated/α-hetero) is 1. The lowest BCUT2D eigenvalue weighted by molar-refractivity contribution is -0.156. The molecule has 0 saturated carbocycles. The highest BCUT2D eigenvalue weighted by molar-refractivity contribution is 6.77. The molecule has 9 nitrogen and oxygen atoms in total. The van der Waals surface area contributed by atoms with E-state index in [2.05, 4.69) is 69.0 Å². The number of azide groups is 1. The molecule has 1 aromatic rings. The predicted molar refractivity (Wildman–Crippen MR) is 166 cm³/mol. The molecule has 41 heavy (non-hydrogen) atoms. The molecule has 3 atom stereocenters. The summed E-state index contributed by atoms with van der Waals surface area (Å²) in [4.78, 5) is 16.6. The van der Waals surface area contributed by atoms with Crippen LogP contribution in [-0.2, 0) is 30.0 Å². The van der Waals surface area contributed by atoms with Gasteiger partial charge in [-0.2, -0.15) is 0 Å². The molecule has 2 rings (SSSR count). The standard InChI is InChI=1S/C31H54N4O5Si/c1-23(2)41(24(3)4,25(5)6)38-22-28(36)30-29(39-31(7,8)40-30)27(34-35-32)20-33-18-14-9-10-15-19-37-21-26-16-12-11-13-17-26/h11-13,16-17,23-25,27,29-30,33H,9-10,14-15,18-22H2,1-8H3/t27-,29+,30-/m0/s1. The van der Waals surface area contributed by atoms with Gasteiger partial charge in [-0.3, -0.25) is 4.79 Å². The zero-order valence-corrected chi connectivity index (χ0v) is 27.6. The van der Waals surface area contributed by atoms with Crippen molar-refractivity contribution in [1.29, 1.82) is 0 Å². The summed E-state index contributed by atoms with van der Waals surface area (Å²) in [5.74, 6) is -1.12. The molecule has 0 unspecified atom stereocenters. The van der Waals surface area contributed by atoms with E-state index in [1.54, 1.807) is 13.8 Å². The molecule has 232 valence electrons. The average Bonchev–Trinajstić information content (AvgIpc) is 3.24. The van der Waals surface area contributed by atoms with Crippen LogP contribution in [0.2, 0.25) is 16.6 Å². The number of nitrogens with one attached hydrogen (secondary N) is 1. The summed E-state index contributed by atoms with van der Waals surface area (Å²) in [6.07, 6.45) is 2.66. The lowest BCUT2D eigenvalue weighted by Gasteiger charge is -2.42. The quantitative estimate of drug-likeness (QED) is 0.0560. The van der Waals surface area contributed by atoms with Crippen molar-refractivity contribution in [2.45, 2.75) is 128 Å². The van der Waals surface area contributed by atoms with Crippen molar-refractivity contribution in [2.24, 2.45) is 5.11 Å². The molecule has 0 amide bonds. The first-order valence-corrected chi connectivity index (χ1v) is 17.5. The Hall–Kier alpha value is -1.78. The number of unbranched alkanes of at least 4 members (excludes halogenated alkanes) is 3. The van der Waals surface area contributed by atoms with E-state index in [0.29, 0.717) is 29.8 Å². The SMILES string of the molecule is CC(C)[Si](OCC(=O)[C@@H]1OC(C)(C)O[C@@H]1[C@H](CNCCCCCCOCc1ccccc1)N=[N+]=[N-])(C(C)C)C(C)C. The van der Waals surface area contributed by atoms with Gasteiger partial charge in [-0.05, 0) is 61.0 Å². The van der Waals surface area contributed by atoms with Gasteiger partial charge in [-0.1, -0.05) is 89.8 Å². The van der Waals surface area contributed by atoms with Crippen LogP contribution >= 0.6 is 0 Å². The van der Waals surface area contributed by atoms with Gasteiger partial charge in [-0.15, -0.1) is 0 Å². The number of hydrogen-bond donors (Lipinski definition) is 1. The molecule has 1 saturated heterocycles. The van der Waals surface area contributed by atoms with E-state index in [4.69, 9.17) is 18.6 Å². The highest BCUT2D eigenvalue weighted by atomic mass is 28.4. The monoisotopic (exact) mass is 590 g/mol. The van der Waals surface area contributed by atoms with Crippen molar-refractivity contribution in [2.75, 3.05) is 26.3 Å². The molecule has 1 heterocycles. The Kier molecular flexibility index (Phi) is 15.0. The molecular weight excluding hydrogens is 536 g/mol. The van der Waals surface area contributed by atoms with Crippen LogP contribution in [0, 0.1) is 0 Å². The summed E-state index contributed by atoms with van der Waals surface area (Å²) in [7, 11) is -2.22. The molecule has 1 fully saturated rings. The molecular formula is C31H54N4O5Si. The minimum atomic E-state index is -2.22. The fourth-order valence-electron chi connectivity index (χ4n) is 6.21. The third kappa shape index (κ3) is 10.8. The first-order valence-electron chi connectivity index (χ1n) is 15.3. The summed E-state index contributed by atoms with van der Waals surface area (Å²) < 4.78 is 24.5. The number of carbonyl (C=O) groups excluding carboxylic acids is 1. The lowest BCUT2D eigenvalue weighted by Crippen LogP contribution is -2.51. The van der Waals surface area contributed by atoms with Crippen LogP contribution in [0.5, 0.6) is 0 Å². The Morgan fingerprint density at radius 1 is 1.02 bits per heavy atom. The summed E-state index contributed by atoms with van der Waals surface area (Å²) in [5, 5.41) is 7.39. The van der Waals surface area contributed by atoms with E-state index in [9.17, 15) is 10.3 Å². The van der Waals surface area contributed by atoms with Crippen molar-refractivity contribution in [3.8, 4) is 0 Å². The minimum absolute atomic E-state index is 0.0210. The topological polar surface area (TPSA) is 115 Å². The van der Waals surface area contributed by atoms with Crippen LogP contribution in [0.25, 0.3) is 10.4 Å². The zero-order chi connectivity index (χ0) is 30.5. The number of carbonyl (C=O) groups is 1. The van der Waals surface area contributed by atoms with E-state index in [0.717, 1.165) is 38.8 Å². The Bertz CT molecular complexity index is 931. The van der Waals surface area contributed by atoms with Crippen LogP contribution in [-0.4, -0.2) is 64.4 Å². The number of hydrogen-bond acceptors (Lipinski definition) is 7. The average molecular weight is 591 g/mol. The molecule has 1 aliphatic rings. The Morgan fingerprint density at radius 3 is 2.27 bits per heavy atom. The van der Waals surface area contributed by atoms with E-state index in [1.165, 1.54) is 5.56 Å². The molecule has 0 spiro atoms. The Labute approximate surface area is 248 Å². The highest BCUT2D eigenvalue weighted by Gasteiger charge is 2.50. The second-order valence-corrected chi connectivity index (χ2v) is 18.0. The predicted octanol–water partition coefficient (Wildman–Crippen LogP) is 7.31. The van der Waals surface area contributed by atoms with E-state index < -0.39 is 32.4 Å². The summed E-state index contributed by atoms with van der Waals surface area (Å²) in [6.45, 7) is 19.3. The van der Waals surface area contributed by atoms with Crippen molar-refractivity contribution < 1.29 is 23.4 Å². The van der Waals surface area contributed by atoms with Gasteiger partial charge in [0, 0.05) is 18.1 Å². The van der Waals surface area contributed by atoms with Crippen LogP contribution in [0.4, 0.5) is 0 Å². The van der Waals surface area contributed by atoms with Gasteiger partial charge in [0.15, 0.2) is 11.6 Å². The van der Waals surface area contributed by atoms with Crippen LogP contribution in [0.15, 0.2) is 35.4 Å². The Balaban J connectivity index is 1.83.